The molecule has 0 saturated heterocycles. The van der Waals surface area contributed by atoms with E-state index < -0.39 is 4.92 Å². The fourth-order valence-electron chi connectivity index (χ4n) is 2.15. The van der Waals surface area contributed by atoms with Gasteiger partial charge in [-0.05, 0) is 38.7 Å². The van der Waals surface area contributed by atoms with Crippen molar-refractivity contribution in [1.82, 2.24) is 4.90 Å². The predicted octanol–water partition coefficient (Wildman–Crippen LogP) is 3.09. The monoisotopic (exact) mass is 311 g/mol. The molecule has 21 heavy (non-hydrogen) atoms. The number of nitrogens with zero attached hydrogens (tertiary/aromatic N) is 2. The second kappa shape index (κ2) is 5.89. The van der Waals surface area contributed by atoms with Crippen LogP contribution in [0.25, 0.3) is 0 Å². The first-order valence-corrected chi connectivity index (χ1v) is 7.23. The minimum atomic E-state index is -0.626. The highest BCUT2D eigenvalue weighted by Crippen LogP contribution is 2.33. The first-order chi connectivity index (χ1) is 9.81. The molecule has 0 aromatic heterocycles. The van der Waals surface area contributed by atoms with Gasteiger partial charge in [-0.2, -0.15) is 0 Å². The van der Waals surface area contributed by atoms with E-state index in [9.17, 15) is 14.9 Å². The molecule has 1 saturated carbocycles. The summed E-state index contributed by atoms with van der Waals surface area (Å²) in [6.07, 6.45) is 2.25. The highest BCUT2D eigenvalue weighted by Gasteiger charge is 2.30. The van der Waals surface area contributed by atoms with Crippen molar-refractivity contribution in [2.24, 2.45) is 5.92 Å². The lowest BCUT2D eigenvalue weighted by atomic mass is 10.1. The summed E-state index contributed by atoms with van der Waals surface area (Å²) >= 11 is 5.91. The molecule has 1 amide bonds. The van der Waals surface area contributed by atoms with Gasteiger partial charge in [0.15, 0.2) is 0 Å². The smallest absolute Gasteiger partial charge is 0.294 e. The number of nitrogen functional groups attached to an aromatic ring is 1. The number of hydrogen-bond donors (Lipinski definition) is 1. The number of rotatable bonds is 5. The van der Waals surface area contributed by atoms with Gasteiger partial charge in [0.25, 0.3) is 11.6 Å². The molecule has 1 aromatic carbocycles. The molecule has 0 radical (unpaired) electrons. The van der Waals surface area contributed by atoms with Crippen LogP contribution in [0, 0.1) is 16.0 Å². The maximum absolute atomic E-state index is 12.6. The Bertz CT molecular complexity index is 585. The number of nitrogens with two attached hydrogens (primary N) is 1. The molecule has 7 heteroatoms. The summed E-state index contributed by atoms with van der Waals surface area (Å²) in [7, 11) is 0. The highest BCUT2D eigenvalue weighted by atomic mass is 35.5. The van der Waals surface area contributed by atoms with Gasteiger partial charge in [0.1, 0.15) is 5.69 Å². The largest absolute Gasteiger partial charge is 0.392 e. The molecule has 1 aliphatic carbocycles. The second-order valence-electron chi connectivity index (χ2n) is 5.64. The zero-order chi connectivity index (χ0) is 15.7. The zero-order valence-electron chi connectivity index (χ0n) is 12.0. The molecular weight excluding hydrogens is 294 g/mol. The summed E-state index contributed by atoms with van der Waals surface area (Å²) < 4.78 is 0. The lowest BCUT2D eigenvalue weighted by Crippen LogP contribution is -2.38. The van der Waals surface area contributed by atoms with Gasteiger partial charge in [-0.1, -0.05) is 11.6 Å². The normalized spacial score (nSPS) is 14.3. The number of amides is 1. The first kappa shape index (κ1) is 15.6. The number of carbonyl (C=O) groups is 1. The highest BCUT2D eigenvalue weighted by molar-refractivity contribution is 6.34. The second-order valence-corrected chi connectivity index (χ2v) is 6.05. The number of nitro groups is 1. The Labute approximate surface area is 128 Å². The molecule has 114 valence electrons. The van der Waals surface area contributed by atoms with Crippen LogP contribution in [-0.2, 0) is 0 Å². The quantitative estimate of drug-likeness (QED) is 0.514. The van der Waals surface area contributed by atoms with Crippen molar-refractivity contribution in [3.8, 4) is 0 Å². The van der Waals surface area contributed by atoms with Crippen molar-refractivity contribution in [3.05, 3.63) is 32.8 Å². The summed E-state index contributed by atoms with van der Waals surface area (Å²) in [5, 5.41) is 11.0. The van der Waals surface area contributed by atoms with Crippen LogP contribution in [0.2, 0.25) is 5.02 Å². The van der Waals surface area contributed by atoms with E-state index in [0.29, 0.717) is 12.5 Å². The molecule has 1 aliphatic rings. The van der Waals surface area contributed by atoms with Crippen LogP contribution in [0.3, 0.4) is 0 Å². The summed E-state index contributed by atoms with van der Waals surface area (Å²) in [6, 6.07) is 2.62. The lowest BCUT2D eigenvalue weighted by molar-refractivity contribution is -0.383. The van der Waals surface area contributed by atoms with E-state index in [-0.39, 0.29) is 33.9 Å². The van der Waals surface area contributed by atoms with E-state index >= 15 is 0 Å². The summed E-state index contributed by atoms with van der Waals surface area (Å²) in [5.74, 6) is 0.289. The third kappa shape index (κ3) is 3.44. The van der Waals surface area contributed by atoms with E-state index in [1.54, 1.807) is 4.90 Å². The van der Waals surface area contributed by atoms with Crippen molar-refractivity contribution in [1.29, 1.82) is 0 Å². The van der Waals surface area contributed by atoms with Gasteiger partial charge in [-0.25, -0.2) is 0 Å². The molecular formula is C14H18ClN3O3. The van der Waals surface area contributed by atoms with Gasteiger partial charge in [-0.15, -0.1) is 0 Å². The Kier molecular flexibility index (Phi) is 4.37. The number of anilines is 1. The summed E-state index contributed by atoms with van der Waals surface area (Å²) in [6.45, 7) is 4.52. The Morgan fingerprint density at radius 1 is 1.52 bits per heavy atom. The van der Waals surface area contributed by atoms with Gasteiger partial charge in [-0.3, -0.25) is 14.9 Å². The summed E-state index contributed by atoms with van der Waals surface area (Å²) in [5.41, 5.74) is 5.34. The van der Waals surface area contributed by atoms with Crippen molar-refractivity contribution in [2.75, 3.05) is 12.3 Å². The predicted molar refractivity (Wildman–Crippen MR) is 81.4 cm³/mol. The standard InChI is InChI=1S/C14H18ClN3O3/c1-8(2)17(7-9-3-4-9)14(19)10-5-11(15)13(16)12(6-10)18(20)21/h5-6,8-9H,3-4,7,16H2,1-2H3. The number of nitro benzene ring substituents is 1. The zero-order valence-corrected chi connectivity index (χ0v) is 12.8. The SMILES string of the molecule is CC(C)N(CC1CC1)C(=O)c1cc(Cl)c(N)c([N+](=O)[O-])c1. The average Bonchev–Trinajstić information content (AvgIpc) is 3.21. The minimum Gasteiger partial charge on any atom is -0.392 e. The Morgan fingerprint density at radius 2 is 2.14 bits per heavy atom. The van der Waals surface area contributed by atoms with Gasteiger partial charge in [0.05, 0.1) is 9.95 Å². The van der Waals surface area contributed by atoms with Crippen LogP contribution >= 0.6 is 11.6 Å². The lowest BCUT2D eigenvalue weighted by Gasteiger charge is -2.27. The average molecular weight is 312 g/mol. The third-order valence-corrected chi connectivity index (χ3v) is 3.90. The van der Waals surface area contributed by atoms with E-state index in [4.69, 9.17) is 17.3 Å². The molecule has 6 nitrogen and oxygen atoms in total. The first-order valence-electron chi connectivity index (χ1n) is 6.85. The van der Waals surface area contributed by atoms with Crippen LogP contribution in [0.5, 0.6) is 0 Å². The van der Waals surface area contributed by atoms with Crippen LogP contribution in [0.4, 0.5) is 11.4 Å². The molecule has 1 fully saturated rings. The van der Waals surface area contributed by atoms with Gasteiger partial charge >= 0.3 is 0 Å². The minimum absolute atomic E-state index is 0.0217. The van der Waals surface area contributed by atoms with Crippen molar-refractivity contribution < 1.29 is 9.72 Å². The van der Waals surface area contributed by atoms with Crippen LogP contribution in [-0.4, -0.2) is 28.3 Å². The number of halogens is 1. The van der Waals surface area contributed by atoms with Gasteiger partial charge < -0.3 is 10.6 Å². The fourth-order valence-corrected chi connectivity index (χ4v) is 2.36. The maximum Gasteiger partial charge on any atom is 0.294 e. The van der Waals surface area contributed by atoms with E-state index in [1.807, 2.05) is 13.8 Å². The van der Waals surface area contributed by atoms with Crippen LogP contribution in [0.1, 0.15) is 37.0 Å². The van der Waals surface area contributed by atoms with E-state index in [1.165, 1.54) is 12.1 Å². The fraction of sp³-hybridized carbons (Fsp3) is 0.500. The maximum atomic E-state index is 12.6. The molecule has 2 rings (SSSR count). The molecule has 1 aromatic rings. The van der Waals surface area contributed by atoms with Crippen LogP contribution in [0.15, 0.2) is 12.1 Å². The summed E-state index contributed by atoms with van der Waals surface area (Å²) in [4.78, 5) is 24.7. The van der Waals surface area contributed by atoms with Crippen LogP contribution < -0.4 is 5.73 Å². The molecule has 0 spiro atoms. The van der Waals surface area contributed by atoms with Gasteiger partial charge in [0.2, 0.25) is 0 Å². The molecule has 0 aliphatic heterocycles. The Balaban J connectivity index is 2.34. The number of hydrogen-bond acceptors (Lipinski definition) is 4. The topological polar surface area (TPSA) is 89.5 Å². The Morgan fingerprint density at radius 3 is 2.62 bits per heavy atom. The molecule has 0 unspecified atom stereocenters. The molecule has 0 heterocycles. The number of carbonyl (C=O) groups excluding carboxylic acids is 1. The number of benzene rings is 1. The third-order valence-electron chi connectivity index (χ3n) is 3.59. The molecule has 2 N–H and O–H groups in total. The van der Waals surface area contributed by atoms with E-state index in [0.717, 1.165) is 12.8 Å². The Hall–Kier alpha value is -1.82. The van der Waals surface area contributed by atoms with Crippen molar-refractivity contribution in [3.63, 3.8) is 0 Å². The van der Waals surface area contributed by atoms with Crippen molar-refractivity contribution >= 4 is 28.9 Å². The van der Waals surface area contributed by atoms with E-state index in [2.05, 4.69) is 0 Å². The molecule has 0 bridgehead atoms. The van der Waals surface area contributed by atoms with Gasteiger partial charge in [0, 0.05) is 24.2 Å². The van der Waals surface area contributed by atoms with Crippen molar-refractivity contribution in [2.45, 2.75) is 32.7 Å². The molecule has 0 atom stereocenters.